The average molecular weight is 285 g/mol. The highest BCUT2D eigenvalue weighted by molar-refractivity contribution is 5.84. The number of nitrogens with zero attached hydrogens (tertiary/aromatic N) is 7. The van der Waals surface area contributed by atoms with Crippen molar-refractivity contribution in [2.24, 2.45) is 0 Å². The molecule has 1 saturated heterocycles. The van der Waals surface area contributed by atoms with Gasteiger partial charge < -0.3 is 10.0 Å². The lowest BCUT2D eigenvalue weighted by atomic mass is 10.1. The number of carboxylic acid groups (broad SMARTS) is 1. The molecule has 3 aromatic rings. The van der Waals surface area contributed by atoms with Crippen molar-refractivity contribution in [2.45, 2.75) is 6.04 Å². The van der Waals surface area contributed by atoms with Crippen molar-refractivity contribution in [2.75, 3.05) is 18.0 Å². The molecule has 9 nitrogen and oxygen atoms in total. The van der Waals surface area contributed by atoms with Crippen LogP contribution in [0.25, 0.3) is 5.65 Å². The molecule has 21 heavy (non-hydrogen) atoms. The van der Waals surface area contributed by atoms with Gasteiger partial charge in [0.05, 0.1) is 18.4 Å². The molecule has 1 fully saturated rings. The van der Waals surface area contributed by atoms with Gasteiger partial charge in [-0.3, -0.25) is 0 Å². The molecule has 1 aliphatic rings. The van der Waals surface area contributed by atoms with Crippen LogP contribution in [0.3, 0.4) is 0 Å². The minimum Gasteiger partial charge on any atom is -0.476 e. The zero-order chi connectivity index (χ0) is 14.4. The van der Waals surface area contributed by atoms with Crippen LogP contribution in [0.15, 0.2) is 30.7 Å². The summed E-state index contributed by atoms with van der Waals surface area (Å²) in [5.41, 5.74) is 0.761. The lowest BCUT2D eigenvalue weighted by molar-refractivity contribution is 0.0690. The molecule has 3 aromatic heterocycles. The number of hydrogen-bond acceptors (Lipinski definition) is 6. The number of carboxylic acids is 1. The maximum Gasteiger partial charge on any atom is 0.358 e. The van der Waals surface area contributed by atoms with Crippen LogP contribution in [0.5, 0.6) is 0 Å². The van der Waals surface area contributed by atoms with E-state index in [1.165, 1.54) is 6.20 Å². The first-order valence-electron chi connectivity index (χ1n) is 6.41. The number of aromatic nitrogens is 6. The van der Waals surface area contributed by atoms with Gasteiger partial charge in [0.15, 0.2) is 11.3 Å². The average Bonchev–Trinajstić information content (AvgIpc) is 3.04. The Balaban J connectivity index is 1.49. The van der Waals surface area contributed by atoms with Gasteiger partial charge in [-0.25, -0.2) is 19.0 Å². The summed E-state index contributed by atoms with van der Waals surface area (Å²) in [5.74, 6) is -0.192. The van der Waals surface area contributed by atoms with E-state index in [9.17, 15) is 4.79 Å². The molecule has 106 valence electrons. The van der Waals surface area contributed by atoms with Crippen LogP contribution < -0.4 is 4.90 Å². The highest BCUT2D eigenvalue weighted by Crippen LogP contribution is 2.25. The van der Waals surface area contributed by atoms with Gasteiger partial charge >= 0.3 is 5.97 Å². The van der Waals surface area contributed by atoms with E-state index in [-0.39, 0.29) is 11.7 Å². The van der Waals surface area contributed by atoms with E-state index < -0.39 is 5.97 Å². The van der Waals surface area contributed by atoms with Crippen molar-refractivity contribution >= 4 is 17.4 Å². The second kappa shape index (κ2) is 4.27. The first-order valence-corrected chi connectivity index (χ1v) is 6.41. The fraction of sp³-hybridized carbons (Fsp3) is 0.250. The summed E-state index contributed by atoms with van der Waals surface area (Å²) >= 11 is 0. The smallest absolute Gasteiger partial charge is 0.358 e. The summed E-state index contributed by atoms with van der Waals surface area (Å²) in [6, 6.07) is 3.87. The van der Waals surface area contributed by atoms with Crippen LogP contribution in [0.1, 0.15) is 16.5 Å². The summed E-state index contributed by atoms with van der Waals surface area (Å²) in [5, 5.41) is 20.4. The molecule has 0 amide bonds. The summed E-state index contributed by atoms with van der Waals surface area (Å²) in [7, 11) is 0. The summed E-state index contributed by atoms with van der Waals surface area (Å²) in [6.45, 7) is 1.44. The van der Waals surface area contributed by atoms with Crippen LogP contribution in [0.4, 0.5) is 5.82 Å². The highest BCUT2D eigenvalue weighted by Gasteiger charge is 2.30. The topological polar surface area (TPSA) is 101 Å². The van der Waals surface area contributed by atoms with Crippen molar-refractivity contribution < 1.29 is 9.90 Å². The predicted molar refractivity (Wildman–Crippen MR) is 71.2 cm³/mol. The van der Waals surface area contributed by atoms with Gasteiger partial charge in [-0.2, -0.15) is 5.10 Å². The molecule has 1 aliphatic heterocycles. The molecule has 0 aromatic carbocycles. The molecule has 0 aliphatic carbocycles. The molecule has 0 radical (unpaired) electrons. The van der Waals surface area contributed by atoms with E-state index in [0.29, 0.717) is 0 Å². The maximum absolute atomic E-state index is 10.8. The number of fused-ring (bicyclic) bond motifs is 1. The SMILES string of the molecule is O=C(O)c1cn(C2CN(c3ccn4nccc4n3)C2)nn1. The third-order valence-corrected chi connectivity index (χ3v) is 3.53. The quantitative estimate of drug-likeness (QED) is 0.727. The van der Waals surface area contributed by atoms with Gasteiger partial charge in [0, 0.05) is 25.4 Å². The second-order valence-electron chi connectivity index (χ2n) is 4.87. The molecular formula is C12H11N7O2. The van der Waals surface area contributed by atoms with Gasteiger partial charge in [-0.05, 0) is 6.07 Å². The van der Waals surface area contributed by atoms with E-state index in [2.05, 4.69) is 25.3 Å². The molecule has 0 unspecified atom stereocenters. The first-order chi connectivity index (χ1) is 10.2. The fourth-order valence-electron chi connectivity index (χ4n) is 2.34. The number of anilines is 1. The lowest BCUT2D eigenvalue weighted by Crippen LogP contribution is -2.48. The van der Waals surface area contributed by atoms with Crippen LogP contribution in [0.2, 0.25) is 0 Å². The molecule has 0 saturated carbocycles. The van der Waals surface area contributed by atoms with E-state index in [1.807, 2.05) is 18.3 Å². The van der Waals surface area contributed by atoms with Crippen LogP contribution in [-0.4, -0.2) is 53.8 Å². The van der Waals surface area contributed by atoms with Crippen LogP contribution in [0, 0.1) is 0 Å². The molecule has 4 heterocycles. The van der Waals surface area contributed by atoms with Gasteiger partial charge in [0.1, 0.15) is 5.82 Å². The minimum absolute atomic E-state index is 0.0349. The van der Waals surface area contributed by atoms with E-state index in [4.69, 9.17) is 5.11 Å². The summed E-state index contributed by atoms with van der Waals surface area (Å²) in [4.78, 5) is 17.4. The van der Waals surface area contributed by atoms with Crippen molar-refractivity contribution in [3.05, 3.63) is 36.4 Å². The molecule has 0 bridgehead atoms. The number of rotatable bonds is 3. The van der Waals surface area contributed by atoms with Crippen molar-refractivity contribution in [3.8, 4) is 0 Å². The lowest BCUT2D eigenvalue weighted by Gasteiger charge is -2.39. The molecule has 0 atom stereocenters. The monoisotopic (exact) mass is 285 g/mol. The maximum atomic E-state index is 10.8. The summed E-state index contributed by atoms with van der Waals surface area (Å²) in [6.07, 6.45) is 5.02. The predicted octanol–water partition coefficient (Wildman–Crippen LogP) is 0.0803. The Hall–Kier alpha value is -2.97. The molecule has 4 rings (SSSR count). The zero-order valence-electron chi connectivity index (χ0n) is 10.9. The number of hydrogen-bond donors (Lipinski definition) is 1. The van der Waals surface area contributed by atoms with Crippen molar-refractivity contribution in [3.63, 3.8) is 0 Å². The summed E-state index contributed by atoms with van der Waals surface area (Å²) < 4.78 is 3.30. The van der Waals surface area contributed by atoms with Gasteiger partial charge in [0.25, 0.3) is 0 Å². The molecule has 1 N–H and O–H groups in total. The van der Waals surface area contributed by atoms with Gasteiger partial charge in [0.2, 0.25) is 0 Å². The standard InChI is InChI=1S/C12H11N7O2/c20-12(21)9-7-19(16-15-9)8-5-17(6-8)10-2-4-18-11(14-10)1-3-13-18/h1-4,7-8H,5-6H2,(H,20,21). The second-order valence-corrected chi connectivity index (χ2v) is 4.87. The Morgan fingerprint density at radius 2 is 2.19 bits per heavy atom. The van der Waals surface area contributed by atoms with Crippen molar-refractivity contribution in [1.29, 1.82) is 0 Å². The van der Waals surface area contributed by atoms with Gasteiger partial charge in [-0.15, -0.1) is 5.10 Å². The molecular weight excluding hydrogens is 274 g/mol. The van der Waals surface area contributed by atoms with E-state index in [1.54, 1.807) is 15.4 Å². The Morgan fingerprint density at radius 3 is 2.95 bits per heavy atom. The third kappa shape index (κ3) is 1.90. The third-order valence-electron chi connectivity index (χ3n) is 3.53. The van der Waals surface area contributed by atoms with E-state index in [0.717, 1.165) is 24.6 Å². The van der Waals surface area contributed by atoms with Crippen LogP contribution >= 0.6 is 0 Å². The minimum atomic E-state index is -1.06. The Labute approximate surface area is 118 Å². The largest absolute Gasteiger partial charge is 0.476 e. The molecule has 0 spiro atoms. The number of carbonyl (C=O) groups is 1. The Morgan fingerprint density at radius 1 is 1.33 bits per heavy atom. The Bertz CT molecular complexity index is 818. The first kappa shape index (κ1) is 11.8. The van der Waals surface area contributed by atoms with Gasteiger partial charge in [-0.1, -0.05) is 5.21 Å². The van der Waals surface area contributed by atoms with Crippen molar-refractivity contribution in [1.82, 2.24) is 29.6 Å². The Kier molecular flexibility index (Phi) is 2.40. The highest BCUT2D eigenvalue weighted by atomic mass is 16.4. The number of aromatic carboxylic acids is 1. The van der Waals surface area contributed by atoms with Crippen LogP contribution in [-0.2, 0) is 0 Å². The van der Waals surface area contributed by atoms with E-state index >= 15 is 0 Å². The molecule has 9 heteroatoms. The zero-order valence-corrected chi connectivity index (χ0v) is 10.9. The normalized spacial score (nSPS) is 15.3. The fourth-order valence-corrected chi connectivity index (χ4v) is 2.34.